The molecule has 1 fully saturated rings. The van der Waals surface area contributed by atoms with Crippen molar-refractivity contribution in [3.05, 3.63) is 23.7 Å². The number of hydrogen-bond acceptors (Lipinski definition) is 5. The van der Waals surface area contributed by atoms with Gasteiger partial charge < -0.3 is 5.11 Å². The third-order valence-corrected chi connectivity index (χ3v) is 5.99. The highest BCUT2D eigenvalue weighted by Crippen LogP contribution is 2.26. The molecule has 0 amide bonds. The average molecular weight is 312 g/mol. The number of fused-ring (bicyclic) bond motifs is 1. The molecule has 2 heterocycles. The normalized spacial score (nSPS) is 23.4. The number of nitrogens with zero attached hydrogens (tertiary/aromatic N) is 1. The first-order chi connectivity index (χ1) is 9.56. The molecule has 1 saturated carbocycles. The molecular formula is C13H16N2O3S2. The van der Waals surface area contributed by atoms with Gasteiger partial charge in [0.25, 0.3) is 0 Å². The second kappa shape index (κ2) is 5.40. The maximum Gasteiger partial charge on any atom is 0.242 e. The van der Waals surface area contributed by atoms with Crippen LogP contribution < -0.4 is 4.72 Å². The molecule has 20 heavy (non-hydrogen) atoms. The quantitative estimate of drug-likeness (QED) is 0.901. The van der Waals surface area contributed by atoms with Gasteiger partial charge in [-0.15, -0.1) is 11.3 Å². The number of aliphatic hydroxyl groups excluding tert-OH is 1. The molecule has 0 spiro atoms. The summed E-state index contributed by atoms with van der Waals surface area (Å²) >= 11 is 1.47. The summed E-state index contributed by atoms with van der Waals surface area (Å²) < 4.78 is 27.9. The molecule has 0 bridgehead atoms. The van der Waals surface area contributed by atoms with Crippen LogP contribution in [0, 0.1) is 5.92 Å². The first-order valence-corrected chi connectivity index (χ1v) is 8.93. The summed E-state index contributed by atoms with van der Waals surface area (Å²) in [7, 11) is -3.56. The van der Waals surface area contributed by atoms with E-state index in [1.807, 2.05) is 11.4 Å². The number of sulfonamides is 1. The highest BCUT2D eigenvalue weighted by molar-refractivity contribution is 7.89. The number of rotatable bonds is 4. The van der Waals surface area contributed by atoms with Crippen LogP contribution in [0.2, 0.25) is 0 Å². The van der Waals surface area contributed by atoms with Gasteiger partial charge >= 0.3 is 0 Å². The summed E-state index contributed by atoms with van der Waals surface area (Å²) in [6.07, 6.45) is 3.57. The van der Waals surface area contributed by atoms with Crippen LogP contribution in [0.1, 0.15) is 19.3 Å². The lowest BCUT2D eigenvalue weighted by atomic mass is 10.1. The van der Waals surface area contributed by atoms with Gasteiger partial charge in [0, 0.05) is 12.7 Å². The molecule has 7 heteroatoms. The van der Waals surface area contributed by atoms with Crippen molar-refractivity contribution in [3.8, 4) is 0 Å². The minimum atomic E-state index is -3.56. The van der Waals surface area contributed by atoms with Crippen molar-refractivity contribution in [1.82, 2.24) is 9.71 Å². The zero-order chi connectivity index (χ0) is 14.2. The Morgan fingerprint density at radius 1 is 1.45 bits per heavy atom. The van der Waals surface area contributed by atoms with Gasteiger partial charge in [0.1, 0.15) is 4.90 Å². The van der Waals surface area contributed by atoms with Gasteiger partial charge in [-0.25, -0.2) is 13.1 Å². The SMILES string of the molecule is O=S(=O)(NC[C@@H]1CCC[C@H]1O)c1cnc2ccsc2c1. The van der Waals surface area contributed by atoms with Gasteiger partial charge in [0.05, 0.1) is 16.3 Å². The number of pyridine rings is 1. The Morgan fingerprint density at radius 2 is 2.30 bits per heavy atom. The molecule has 3 rings (SSSR count). The van der Waals surface area contributed by atoms with Gasteiger partial charge in [-0.2, -0.15) is 0 Å². The van der Waals surface area contributed by atoms with E-state index in [-0.39, 0.29) is 17.4 Å². The Kier molecular flexibility index (Phi) is 3.76. The highest BCUT2D eigenvalue weighted by atomic mass is 32.2. The Labute approximate surface area is 121 Å². The molecule has 108 valence electrons. The van der Waals surface area contributed by atoms with Gasteiger partial charge in [0.2, 0.25) is 10.0 Å². The minimum Gasteiger partial charge on any atom is -0.393 e. The standard InChI is InChI=1S/C13H16N2O3S2/c16-12-3-1-2-9(12)7-15-20(17,18)10-6-13-11(14-8-10)4-5-19-13/h4-6,8-9,12,15-16H,1-3,7H2/t9-,12+/m0/s1. The van der Waals surface area contributed by atoms with E-state index in [0.717, 1.165) is 29.5 Å². The topological polar surface area (TPSA) is 79.3 Å². The van der Waals surface area contributed by atoms with E-state index in [4.69, 9.17) is 0 Å². The molecule has 0 saturated heterocycles. The summed E-state index contributed by atoms with van der Waals surface area (Å²) in [6, 6.07) is 3.50. The zero-order valence-corrected chi connectivity index (χ0v) is 12.5. The predicted octanol–water partition coefficient (Wildman–Crippen LogP) is 1.74. The van der Waals surface area contributed by atoms with Crippen molar-refractivity contribution in [3.63, 3.8) is 0 Å². The van der Waals surface area contributed by atoms with Gasteiger partial charge in [-0.1, -0.05) is 6.42 Å². The number of thiophene rings is 1. The van der Waals surface area contributed by atoms with E-state index in [9.17, 15) is 13.5 Å². The molecule has 0 aromatic carbocycles. The summed E-state index contributed by atoms with van der Waals surface area (Å²) in [5.41, 5.74) is 0.806. The van der Waals surface area contributed by atoms with Crippen molar-refractivity contribution < 1.29 is 13.5 Å². The fourth-order valence-corrected chi connectivity index (χ4v) is 4.45. The lowest BCUT2D eigenvalue weighted by Gasteiger charge is -2.15. The van der Waals surface area contributed by atoms with Crippen LogP contribution in [-0.4, -0.2) is 31.2 Å². The van der Waals surface area contributed by atoms with Crippen molar-refractivity contribution in [2.45, 2.75) is 30.3 Å². The maximum absolute atomic E-state index is 12.2. The van der Waals surface area contributed by atoms with E-state index in [2.05, 4.69) is 9.71 Å². The summed E-state index contributed by atoms with van der Waals surface area (Å²) in [4.78, 5) is 4.32. The van der Waals surface area contributed by atoms with Crippen molar-refractivity contribution >= 4 is 31.6 Å². The average Bonchev–Trinajstić information content (AvgIpc) is 3.04. The van der Waals surface area contributed by atoms with Crippen LogP contribution in [0.15, 0.2) is 28.6 Å². The van der Waals surface area contributed by atoms with Crippen LogP contribution in [-0.2, 0) is 10.0 Å². The molecule has 1 aliphatic rings. The van der Waals surface area contributed by atoms with Crippen molar-refractivity contribution in [2.24, 2.45) is 5.92 Å². The highest BCUT2D eigenvalue weighted by Gasteiger charge is 2.27. The molecule has 0 unspecified atom stereocenters. The van der Waals surface area contributed by atoms with E-state index in [1.165, 1.54) is 17.5 Å². The van der Waals surface area contributed by atoms with E-state index >= 15 is 0 Å². The minimum absolute atomic E-state index is 0.0169. The first-order valence-electron chi connectivity index (χ1n) is 6.57. The lowest BCUT2D eigenvalue weighted by molar-refractivity contribution is 0.134. The van der Waals surface area contributed by atoms with E-state index < -0.39 is 16.1 Å². The fraction of sp³-hybridized carbons (Fsp3) is 0.462. The molecule has 2 N–H and O–H groups in total. The molecule has 2 aromatic rings. The zero-order valence-electron chi connectivity index (χ0n) is 10.8. The Balaban J connectivity index is 1.76. The first kappa shape index (κ1) is 13.9. The van der Waals surface area contributed by atoms with Gasteiger partial charge in [-0.05, 0) is 36.3 Å². The fourth-order valence-electron chi connectivity index (χ4n) is 2.53. The van der Waals surface area contributed by atoms with E-state index in [1.54, 1.807) is 6.07 Å². The molecule has 2 atom stereocenters. The second-order valence-corrected chi connectivity index (χ2v) is 7.80. The maximum atomic E-state index is 12.2. The smallest absolute Gasteiger partial charge is 0.242 e. The number of aliphatic hydroxyl groups is 1. The monoisotopic (exact) mass is 312 g/mol. The van der Waals surface area contributed by atoms with Crippen molar-refractivity contribution in [1.29, 1.82) is 0 Å². The summed E-state index contributed by atoms with van der Waals surface area (Å²) in [5, 5.41) is 11.6. The third-order valence-electron chi connectivity index (χ3n) is 3.74. The van der Waals surface area contributed by atoms with Crippen LogP contribution in [0.5, 0.6) is 0 Å². The largest absolute Gasteiger partial charge is 0.393 e. The Morgan fingerprint density at radius 3 is 3.05 bits per heavy atom. The Bertz CT molecular complexity index is 711. The van der Waals surface area contributed by atoms with Crippen LogP contribution in [0.3, 0.4) is 0 Å². The second-order valence-electron chi connectivity index (χ2n) is 5.09. The number of hydrogen-bond donors (Lipinski definition) is 2. The van der Waals surface area contributed by atoms with Crippen LogP contribution >= 0.6 is 11.3 Å². The molecule has 0 radical (unpaired) electrons. The van der Waals surface area contributed by atoms with E-state index in [0.29, 0.717) is 0 Å². The molecule has 1 aliphatic carbocycles. The van der Waals surface area contributed by atoms with Crippen LogP contribution in [0.25, 0.3) is 10.2 Å². The van der Waals surface area contributed by atoms with Gasteiger partial charge in [0.15, 0.2) is 0 Å². The summed E-state index contributed by atoms with van der Waals surface area (Å²) in [5.74, 6) is 0.0169. The number of nitrogens with one attached hydrogen (secondary N) is 1. The molecular weight excluding hydrogens is 296 g/mol. The molecule has 2 aromatic heterocycles. The predicted molar refractivity (Wildman–Crippen MR) is 78.2 cm³/mol. The third kappa shape index (κ3) is 2.71. The molecule has 5 nitrogen and oxygen atoms in total. The lowest BCUT2D eigenvalue weighted by Crippen LogP contribution is -2.32. The van der Waals surface area contributed by atoms with Crippen molar-refractivity contribution in [2.75, 3.05) is 6.54 Å². The Hall–Kier alpha value is -1.02. The van der Waals surface area contributed by atoms with Gasteiger partial charge in [-0.3, -0.25) is 4.98 Å². The summed E-state index contributed by atoms with van der Waals surface area (Å²) in [6.45, 7) is 0.284. The van der Waals surface area contributed by atoms with Crippen LogP contribution in [0.4, 0.5) is 0 Å². The molecule has 0 aliphatic heterocycles. The number of aromatic nitrogens is 1.